The minimum atomic E-state index is -4.20. The van der Waals surface area contributed by atoms with Gasteiger partial charge in [-0.2, -0.15) is 16.5 Å². The standard InChI is InChI=1S/C11H12FNO4S2/c12-8-3-1-2-4-9(8)19(16,17)13-11(10(14)15)5-6-18-7-11/h1-4,13H,5-7H2,(H,14,15). The SMILES string of the molecule is O=C(O)C1(NS(=O)(=O)c2ccccc2F)CCSC1. The van der Waals surface area contributed by atoms with E-state index in [1.807, 2.05) is 0 Å². The molecule has 1 aromatic carbocycles. The molecule has 1 heterocycles. The minimum Gasteiger partial charge on any atom is -0.480 e. The third-order valence-corrected chi connectivity index (χ3v) is 5.65. The monoisotopic (exact) mass is 305 g/mol. The van der Waals surface area contributed by atoms with Crippen LogP contribution >= 0.6 is 11.8 Å². The van der Waals surface area contributed by atoms with Crippen molar-refractivity contribution in [2.75, 3.05) is 11.5 Å². The van der Waals surface area contributed by atoms with Crippen LogP contribution in [0.5, 0.6) is 0 Å². The molecule has 1 aromatic rings. The van der Waals surface area contributed by atoms with Crippen molar-refractivity contribution in [3.05, 3.63) is 30.1 Å². The Bertz CT molecular complexity index is 596. The van der Waals surface area contributed by atoms with E-state index in [2.05, 4.69) is 4.72 Å². The number of carbonyl (C=O) groups is 1. The molecule has 5 nitrogen and oxygen atoms in total. The Hall–Kier alpha value is -1.12. The summed E-state index contributed by atoms with van der Waals surface area (Å²) in [5.41, 5.74) is -1.55. The van der Waals surface area contributed by atoms with Crippen molar-refractivity contribution in [2.45, 2.75) is 16.9 Å². The van der Waals surface area contributed by atoms with Crippen molar-refractivity contribution in [1.29, 1.82) is 0 Å². The lowest BCUT2D eigenvalue weighted by Crippen LogP contribution is -2.54. The first kappa shape index (κ1) is 14.3. The maximum atomic E-state index is 13.5. The van der Waals surface area contributed by atoms with Crippen molar-refractivity contribution in [2.24, 2.45) is 0 Å². The van der Waals surface area contributed by atoms with Gasteiger partial charge in [0.25, 0.3) is 0 Å². The van der Waals surface area contributed by atoms with Crippen molar-refractivity contribution in [1.82, 2.24) is 4.72 Å². The molecule has 0 saturated carbocycles. The van der Waals surface area contributed by atoms with Crippen LogP contribution in [0.3, 0.4) is 0 Å². The number of hydrogen-bond acceptors (Lipinski definition) is 4. The van der Waals surface area contributed by atoms with Gasteiger partial charge in [-0.05, 0) is 24.3 Å². The number of rotatable bonds is 4. The summed E-state index contributed by atoms with van der Waals surface area (Å²) in [6.45, 7) is 0. The van der Waals surface area contributed by atoms with Crippen LogP contribution in [0.4, 0.5) is 4.39 Å². The average Bonchev–Trinajstić information content (AvgIpc) is 2.78. The molecule has 0 spiro atoms. The first-order valence-corrected chi connectivity index (χ1v) is 8.11. The second-order valence-corrected chi connectivity index (χ2v) is 6.98. The van der Waals surface area contributed by atoms with E-state index in [0.29, 0.717) is 5.75 Å². The summed E-state index contributed by atoms with van der Waals surface area (Å²) in [7, 11) is -4.20. The summed E-state index contributed by atoms with van der Waals surface area (Å²) in [5.74, 6) is -1.46. The van der Waals surface area contributed by atoms with Gasteiger partial charge in [-0.25, -0.2) is 12.8 Å². The van der Waals surface area contributed by atoms with E-state index >= 15 is 0 Å². The van der Waals surface area contributed by atoms with E-state index in [-0.39, 0.29) is 12.2 Å². The largest absolute Gasteiger partial charge is 0.480 e. The van der Waals surface area contributed by atoms with Gasteiger partial charge in [0.15, 0.2) is 0 Å². The van der Waals surface area contributed by atoms with Gasteiger partial charge in [0.05, 0.1) is 0 Å². The highest BCUT2D eigenvalue weighted by atomic mass is 32.2. The number of thioether (sulfide) groups is 1. The predicted octanol–water partition coefficient (Wildman–Crippen LogP) is 1.06. The molecular formula is C11H12FNO4S2. The quantitative estimate of drug-likeness (QED) is 0.869. The smallest absolute Gasteiger partial charge is 0.325 e. The fraction of sp³-hybridized carbons (Fsp3) is 0.364. The van der Waals surface area contributed by atoms with Crippen molar-refractivity contribution >= 4 is 27.8 Å². The van der Waals surface area contributed by atoms with Crippen LogP contribution in [0, 0.1) is 5.82 Å². The van der Waals surface area contributed by atoms with Crippen molar-refractivity contribution < 1.29 is 22.7 Å². The molecule has 0 radical (unpaired) electrons. The van der Waals surface area contributed by atoms with E-state index in [1.165, 1.54) is 23.9 Å². The molecule has 19 heavy (non-hydrogen) atoms. The van der Waals surface area contributed by atoms with Crippen LogP contribution in [0.2, 0.25) is 0 Å². The lowest BCUT2D eigenvalue weighted by molar-refractivity contribution is -0.142. The topological polar surface area (TPSA) is 83.5 Å². The second kappa shape index (κ2) is 5.10. The first-order chi connectivity index (χ1) is 8.87. The molecule has 0 bridgehead atoms. The number of nitrogens with one attached hydrogen (secondary N) is 1. The van der Waals surface area contributed by atoms with Crippen LogP contribution < -0.4 is 4.72 Å². The van der Waals surface area contributed by atoms with E-state index in [1.54, 1.807) is 0 Å². The fourth-order valence-electron chi connectivity index (χ4n) is 1.83. The highest BCUT2D eigenvalue weighted by Gasteiger charge is 2.45. The van der Waals surface area contributed by atoms with Gasteiger partial charge in [0.2, 0.25) is 10.0 Å². The molecule has 0 amide bonds. The van der Waals surface area contributed by atoms with Gasteiger partial charge in [-0.1, -0.05) is 12.1 Å². The summed E-state index contributed by atoms with van der Waals surface area (Å²) in [6.07, 6.45) is 0.181. The zero-order chi connectivity index (χ0) is 14.1. The number of hydrogen-bond donors (Lipinski definition) is 2. The molecule has 2 N–H and O–H groups in total. The van der Waals surface area contributed by atoms with Crippen molar-refractivity contribution in [3.63, 3.8) is 0 Å². The maximum absolute atomic E-state index is 13.5. The Kier molecular flexibility index (Phi) is 3.84. The molecule has 104 valence electrons. The number of carboxylic acids is 1. The molecule has 0 aromatic heterocycles. The lowest BCUT2D eigenvalue weighted by Gasteiger charge is -2.24. The van der Waals surface area contributed by atoms with E-state index < -0.39 is 32.2 Å². The molecule has 1 unspecified atom stereocenters. The van der Waals surface area contributed by atoms with Gasteiger partial charge in [-0.15, -0.1) is 0 Å². The Labute approximate surface area is 114 Å². The minimum absolute atomic E-state index is 0.135. The normalized spacial score (nSPS) is 23.4. The van der Waals surface area contributed by atoms with Gasteiger partial charge < -0.3 is 5.11 Å². The van der Waals surface area contributed by atoms with Crippen LogP contribution in [0.1, 0.15) is 6.42 Å². The Morgan fingerprint density at radius 3 is 2.63 bits per heavy atom. The molecule has 1 fully saturated rings. The molecule has 2 rings (SSSR count). The summed E-state index contributed by atoms with van der Waals surface area (Å²) in [5, 5.41) is 9.21. The van der Waals surface area contributed by atoms with E-state index in [9.17, 15) is 22.7 Å². The van der Waals surface area contributed by atoms with Crippen LogP contribution in [0.15, 0.2) is 29.2 Å². The Morgan fingerprint density at radius 2 is 2.11 bits per heavy atom. The average molecular weight is 305 g/mol. The predicted molar refractivity (Wildman–Crippen MR) is 69.0 cm³/mol. The van der Waals surface area contributed by atoms with Crippen molar-refractivity contribution in [3.8, 4) is 0 Å². The van der Waals surface area contributed by atoms with Gasteiger partial charge in [0.1, 0.15) is 16.3 Å². The molecule has 1 aliphatic rings. The highest BCUT2D eigenvalue weighted by molar-refractivity contribution is 7.99. The Morgan fingerprint density at radius 1 is 1.42 bits per heavy atom. The molecule has 1 aliphatic heterocycles. The zero-order valence-corrected chi connectivity index (χ0v) is 11.4. The lowest BCUT2D eigenvalue weighted by atomic mass is 10.0. The molecule has 8 heteroatoms. The number of sulfonamides is 1. The molecular weight excluding hydrogens is 293 g/mol. The summed E-state index contributed by atoms with van der Waals surface area (Å²) >= 11 is 1.35. The first-order valence-electron chi connectivity index (χ1n) is 5.47. The van der Waals surface area contributed by atoms with Crippen LogP contribution in [-0.4, -0.2) is 36.5 Å². The summed E-state index contributed by atoms with van der Waals surface area (Å²) < 4.78 is 39.8. The fourth-order valence-corrected chi connectivity index (χ4v) is 4.72. The zero-order valence-electron chi connectivity index (χ0n) is 9.80. The summed E-state index contributed by atoms with van der Waals surface area (Å²) in [6, 6.07) is 4.88. The van der Waals surface area contributed by atoms with E-state index in [0.717, 1.165) is 12.1 Å². The van der Waals surface area contributed by atoms with E-state index in [4.69, 9.17) is 0 Å². The van der Waals surface area contributed by atoms with Gasteiger partial charge >= 0.3 is 5.97 Å². The van der Waals surface area contributed by atoms with Crippen LogP contribution in [-0.2, 0) is 14.8 Å². The number of carboxylic acid groups (broad SMARTS) is 1. The molecule has 1 atom stereocenters. The third kappa shape index (κ3) is 2.75. The molecule has 0 aliphatic carbocycles. The Balaban J connectivity index is 2.36. The highest BCUT2D eigenvalue weighted by Crippen LogP contribution is 2.30. The van der Waals surface area contributed by atoms with Crippen LogP contribution in [0.25, 0.3) is 0 Å². The third-order valence-electron chi connectivity index (χ3n) is 2.89. The molecule has 1 saturated heterocycles. The second-order valence-electron chi connectivity index (χ2n) is 4.23. The maximum Gasteiger partial charge on any atom is 0.325 e. The number of aliphatic carboxylic acids is 1. The number of benzene rings is 1. The van der Waals surface area contributed by atoms with Gasteiger partial charge in [-0.3, -0.25) is 4.79 Å². The number of halogens is 1. The summed E-state index contributed by atoms with van der Waals surface area (Å²) in [4.78, 5) is 10.7. The van der Waals surface area contributed by atoms with Gasteiger partial charge in [0, 0.05) is 5.75 Å².